The third-order valence-corrected chi connectivity index (χ3v) is 4.10. The van der Waals surface area contributed by atoms with Gasteiger partial charge in [-0.1, -0.05) is 6.92 Å². The maximum absolute atomic E-state index is 13.8. The first-order valence-electron chi connectivity index (χ1n) is 7.62. The molecular formula is C16H24F2N2O2. The van der Waals surface area contributed by atoms with Crippen LogP contribution in [0.1, 0.15) is 27.7 Å². The number of halogens is 2. The van der Waals surface area contributed by atoms with Crippen molar-refractivity contribution < 1.29 is 18.3 Å². The molecule has 1 amide bonds. The van der Waals surface area contributed by atoms with Gasteiger partial charge in [0.2, 0.25) is 0 Å². The Morgan fingerprint density at radius 3 is 2.68 bits per heavy atom. The molecule has 0 aromatic heterocycles. The summed E-state index contributed by atoms with van der Waals surface area (Å²) in [5.41, 5.74) is -0.579. The zero-order chi connectivity index (χ0) is 16.5. The van der Waals surface area contributed by atoms with Gasteiger partial charge in [-0.3, -0.25) is 0 Å². The molecule has 0 aromatic carbocycles. The van der Waals surface area contributed by atoms with Gasteiger partial charge >= 0.3 is 6.09 Å². The topological polar surface area (TPSA) is 50.4 Å². The fourth-order valence-corrected chi connectivity index (χ4v) is 3.04. The van der Waals surface area contributed by atoms with Crippen molar-refractivity contribution in [1.29, 1.82) is 0 Å². The number of carbonyl (C=O) groups excluding carboxylic acids is 1. The van der Waals surface area contributed by atoms with Crippen molar-refractivity contribution in [3.8, 4) is 0 Å². The molecule has 0 radical (unpaired) electrons. The maximum Gasteiger partial charge on any atom is 0.407 e. The second-order valence-electron chi connectivity index (χ2n) is 7.02. The number of amides is 1. The Morgan fingerprint density at radius 1 is 1.36 bits per heavy atom. The molecule has 22 heavy (non-hydrogen) atoms. The molecule has 2 N–H and O–H groups in total. The summed E-state index contributed by atoms with van der Waals surface area (Å²) in [4.78, 5) is 11.9. The summed E-state index contributed by atoms with van der Waals surface area (Å²) in [5.74, 6) is -1.77. The van der Waals surface area contributed by atoms with Crippen LogP contribution >= 0.6 is 0 Å². The first-order chi connectivity index (χ1) is 10.2. The Morgan fingerprint density at radius 2 is 2.05 bits per heavy atom. The summed E-state index contributed by atoms with van der Waals surface area (Å²) < 4.78 is 32.6. The number of nitrogens with one attached hydrogen (secondary N) is 2. The molecule has 2 aliphatic rings. The van der Waals surface area contributed by atoms with E-state index in [1.165, 1.54) is 6.08 Å². The quantitative estimate of drug-likeness (QED) is 0.823. The summed E-state index contributed by atoms with van der Waals surface area (Å²) in [6, 6.07) is -0.211. The molecule has 124 valence electrons. The fourth-order valence-electron chi connectivity index (χ4n) is 3.04. The van der Waals surface area contributed by atoms with Gasteiger partial charge in [0.15, 0.2) is 0 Å². The normalized spacial score (nSPS) is 32.3. The number of allylic oxidation sites excluding steroid dienone is 4. The molecule has 0 bridgehead atoms. The average molecular weight is 314 g/mol. The van der Waals surface area contributed by atoms with E-state index in [9.17, 15) is 13.6 Å². The van der Waals surface area contributed by atoms with Crippen LogP contribution in [0.5, 0.6) is 0 Å². The molecule has 0 aromatic rings. The number of ether oxygens (including phenoxy) is 1. The molecular weight excluding hydrogens is 290 g/mol. The van der Waals surface area contributed by atoms with E-state index in [2.05, 4.69) is 10.6 Å². The summed E-state index contributed by atoms with van der Waals surface area (Å²) in [5, 5.41) is 5.99. The number of hydrogen-bond acceptors (Lipinski definition) is 3. The zero-order valence-electron chi connectivity index (χ0n) is 13.5. The highest BCUT2D eigenvalue weighted by molar-refractivity contribution is 5.68. The molecule has 2 rings (SSSR count). The first-order valence-corrected chi connectivity index (χ1v) is 7.62. The Labute approximate surface area is 130 Å². The monoisotopic (exact) mass is 314 g/mol. The smallest absolute Gasteiger partial charge is 0.407 e. The van der Waals surface area contributed by atoms with E-state index in [4.69, 9.17) is 4.74 Å². The zero-order valence-corrected chi connectivity index (χ0v) is 13.5. The SMILES string of the molecule is CC1C(F)=CC(F)=C[C@@H]1C1CNCC1NC(=O)OC(C)(C)C. The van der Waals surface area contributed by atoms with Crippen LogP contribution in [0.25, 0.3) is 0 Å². The van der Waals surface area contributed by atoms with Crippen LogP contribution in [0.4, 0.5) is 13.6 Å². The van der Waals surface area contributed by atoms with E-state index >= 15 is 0 Å². The van der Waals surface area contributed by atoms with Crippen molar-refractivity contribution in [1.82, 2.24) is 10.6 Å². The molecule has 0 spiro atoms. The van der Waals surface area contributed by atoms with Crippen molar-refractivity contribution in [2.75, 3.05) is 13.1 Å². The Kier molecular flexibility index (Phi) is 4.90. The minimum atomic E-state index is -0.579. The van der Waals surface area contributed by atoms with Crippen LogP contribution in [0.15, 0.2) is 23.8 Å². The van der Waals surface area contributed by atoms with E-state index in [-0.39, 0.29) is 17.9 Å². The molecule has 4 nitrogen and oxygen atoms in total. The van der Waals surface area contributed by atoms with E-state index < -0.39 is 29.3 Å². The van der Waals surface area contributed by atoms with Gasteiger partial charge in [-0.15, -0.1) is 0 Å². The number of alkyl carbamates (subject to hydrolysis) is 1. The minimum absolute atomic E-state index is 0.0762. The highest BCUT2D eigenvalue weighted by Gasteiger charge is 2.39. The van der Waals surface area contributed by atoms with Crippen LogP contribution in [0, 0.1) is 17.8 Å². The summed E-state index contributed by atoms with van der Waals surface area (Å²) in [6.45, 7) is 8.28. The largest absolute Gasteiger partial charge is 0.444 e. The summed E-state index contributed by atoms with van der Waals surface area (Å²) in [6.07, 6.45) is 1.88. The van der Waals surface area contributed by atoms with E-state index in [1.54, 1.807) is 27.7 Å². The number of rotatable bonds is 2. The van der Waals surface area contributed by atoms with Crippen LogP contribution in [-0.2, 0) is 4.74 Å². The van der Waals surface area contributed by atoms with Gasteiger partial charge in [0.1, 0.15) is 17.3 Å². The second-order valence-corrected chi connectivity index (χ2v) is 7.02. The second kappa shape index (κ2) is 6.36. The van der Waals surface area contributed by atoms with E-state index in [0.29, 0.717) is 13.1 Å². The lowest BCUT2D eigenvalue weighted by atomic mass is 9.77. The Balaban J connectivity index is 2.05. The highest BCUT2D eigenvalue weighted by Crippen LogP contribution is 2.37. The predicted octanol–water partition coefficient (Wildman–Crippen LogP) is 3.07. The highest BCUT2D eigenvalue weighted by atomic mass is 19.1. The average Bonchev–Trinajstić information content (AvgIpc) is 2.79. The van der Waals surface area contributed by atoms with Crippen LogP contribution in [0.2, 0.25) is 0 Å². The number of carbonyl (C=O) groups is 1. The molecule has 1 aliphatic carbocycles. The van der Waals surface area contributed by atoms with Crippen molar-refractivity contribution in [3.63, 3.8) is 0 Å². The first kappa shape index (κ1) is 16.9. The predicted molar refractivity (Wildman–Crippen MR) is 80.6 cm³/mol. The molecule has 4 atom stereocenters. The molecule has 1 heterocycles. The van der Waals surface area contributed by atoms with Crippen LogP contribution in [0.3, 0.4) is 0 Å². The van der Waals surface area contributed by atoms with Crippen molar-refractivity contribution >= 4 is 6.09 Å². The molecule has 3 unspecified atom stereocenters. The third-order valence-electron chi connectivity index (χ3n) is 4.10. The number of hydrogen-bond donors (Lipinski definition) is 2. The van der Waals surface area contributed by atoms with Gasteiger partial charge in [0.25, 0.3) is 0 Å². The lowest BCUT2D eigenvalue weighted by molar-refractivity contribution is 0.0488. The van der Waals surface area contributed by atoms with Gasteiger partial charge in [-0.2, -0.15) is 0 Å². The molecule has 0 saturated carbocycles. The fraction of sp³-hybridized carbons (Fsp3) is 0.688. The van der Waals surface area contributed by atoms with Crippen molar-refractivity contribution in [2.45, 2.75) is 39.3 Å². The molecule has 1 aliphatic heterocycles. The van der Waals surface area contributed by atoms with Gasteiger partial charge in [0, 0.05) is 31.1 Å². The van der Waals surface area contributed by atoms with E-state index in [0.717, 1.165) is 6.08 Å². The van der Waals surface area contributed by atoms with Crippen molar-refractivity contribution in [3.05, 3.63) is 23.8 Å². The standard InChI is InChI=1S/C16H24F2N2O2/c1-9-11(5-10(17)6-13(9)18)12-7-19-8-14(12)20-15(21)22-16(2,3)4/h5-6,9,11-12,14,19H,7-8H2,1-4H3,(H,20,21)/t9?,11-,12?,14?/m0/s1. The summed E-state index contributed by atoms with van der Waals surface area (Å²) in [7, 11) is 0. The van der Waals surface area contributed by atoms with Gasteiger partial charge < -0.3 is 15.4 Å². The van der Waals surface area contributed by atoms with E-state index in [1.807, 2.05) is 0 Å². The van der Waals surface area contributed by atoms with Crippen molar-refractivity contribution in [2.24, 2.45) is 17.8 Å². The lowest BCUT2D eigenvalue weighted by Gasteiger charge is -2.32. The van der Waals surface area contributed by atoms with Crippen LogP contribution in [-0.4, -0.2) is 30.8 Å². The lowest BCUT2D eigenvalue weighted by Crippen LogP contribution is -2.45. The maximum atomic E-state index is 13.8. The molecule has 1 fully saturated rings. The molecule has 1 saturated heterocycles. The van der Waals surface area contributed by atoms with Gasteiger partial charge in [-0.25, -0.2) is 13.6 Å². The van der Waals surface area contributed by atoms with Crippen LogP contribution < -0.4 is 10.6 Å². The summed E-state index contributed by atoms with van der Waals surface area (Å²) >= 11 is 0. The van der Waals surface area contributed by atoms with Gasteiger partial charge in [0.05, 0.1) is 0 Å². The Bertz CT molecular complexity index is 497. The minimum Gasteiger partial charge on any atom is -0.444 e. The third kappa shape index (κ3) is 4.06. The Hall–Kier alpha value is -1.43. The molecule has 6 heteroatoms. The van der Waals surface area contributed by atoms with Gasteiger partial charge in [-0.05, 0) is 38.7 Å².